The summed E-state index contributed by atoms with van der Waals surface area (Å²) >= 11 is 11.9. The summed E-state index contributed by atoms with van der Waals surface area (Å²) in [6.45, 7) is 5.73. The van der Waals surface area contributed by atoms with Gasteiger partial charge in [-0.1, -0.05) is 36.5 Å². The lowest BCUT2D eigenvalue weighted by Crippen LogP contribution is -2.32. The van der Waals surface area contributed by atoms with Crippen LogP contribution in [0.15, 0.2) is 22.5 Å². The first-order valence-electron chi connectivity index (χ1n) is 8.16. The van der Waals surface area contributed by atoms with Crippen LogP contribution in [0.2, 0.25) is 10.3 Å². The average Bonchev–Trinajstić information content (AvgIpc) is 2.92. The minimum atomic E-state index is -0.831. The molecule has 142 valence electrons. The summed E-state index contributed by atoms with van der Waals surface area (Å²) in [7, 11) is 1.27. The summed E-state index contributed by atoms with van der Waals surface area (Å²) in [6.07, 6.45) is 1.64. The Bertz CT molecular complexity index is 763. The molecule has 2 rings (SSSR count). The van der Waals surface area contributed by atoms with Crippen molar-refractivity contribution in [2.75, 3.05) is 13.7 Å². The van der Waals surface area contributed by atoms with E-state index in [1.165, 1.54) is 7.11 Å². The number of esters is 2. The predicted molar refractivity (Wildman–Crippen MR) is 97.8 cm³/mol. The number of nitrogens with zero attached hydrogens (tertiary/aromatic N) is 1. The van der Waals surface area contributed by atoms with Crippen molar-refractivity contribution in [2.24, 2.45) is 0 Å². The SMILES string of the molecule is CCCCOC(=O)C1=C(C)NC(C)=C(C(=O)OC)C1c1nc(Cl)c(Cl)[nH]1. The number of unbranched alkanes of at least 4 members (excludes halogenated alkanes) is 1. The number of hydrogen-bond donors (Lipinski definition) is 2. The molecule has 0 aliphatic carbocycles. The van der Waals surface area contributed by atoms with Crippen LogP contribution >= 0.6 is 23.2 Å². The Hall–Kier alpha value is -1.99. The van der Waals surface area contributed by atoms with Gasteiger partial charge < -0.3 is 19.8 Å². The van der Waals surface area contributed by atoms with Crippen molar-refractivity contribution in [1.82, 2.24) is 15.3 Å². The van der Waals surface area contributed by atoms with E-state index in [0.717, 1.165) is 12.8 Å². The number of methoxy groups -OCH3 is 1. The van der Waals surface area contributed by atoms with Crippen molar-refractivity contribution in [3.63, 3.8) is 0 Å². The lowest BCUT2D eigenvalue weighted by molar-refractivity contribution is -0.139. The van der Waals surface area contributed by atoms with E-state index in [0.29, 0.717) is 11.4 Å². The number of nitrogens with one attached hydrogen (secondary N) is 2. The maximum atomic E-state index is 12.7. The first kappa shape index (κ1) is 20.3. The Morgan fingerprint density at radius 1 is 1.15 bits per heavy atom. The van der Waals surface area contributed by atoms with Gasteiger partial charge in [0, 0.05) is 11.4 Å². The molecule has 9 heteroatoms. The summed E-state index contributed by atoms with van der Waals surface area (Å²) < 4.78 is 10.3. The van der Waals surface area contributed by atoms with E-state index in [1.807, 2.05) is 6.92 Å². The van der Waals surface area contributed by atoms with Gasteiger partial charge in [0.05, 0.1) is 30.8 Å². The number of allylic oxidation sites excluding steroid dienone is 2. The van der Waals surface area contributed by atoms with E-state index in [2.05, 4.69) is 15.3 Å². The molecule has 0 spiro atoms. The fourth-order valence-electron chi connectivity index (χ4n) is 2.79. The van der Waals surface area contributed by atoms with Crippen LogP contribution in [-0.2, 0) is 19.1 Å². The molecule has 1 aromatic heterocycles. The highest BCUT2D eigenvalue weighted by molar-refractivity contribution is 6.40. The quantitative estimate of drug-likeness (QED) is 0.559. The Kier molecular flexibility index (Phi) is 6.72. The van der Waals surface area contributed by atoms with Crippen molar-refractivity contribution in [3.8, 4) is 0 Å². The normalized spacial score (nSPS) is 17.2. The number of hydrogen-bond acceptors (Lipinski definition) is 6. The molecule has 7 nitrogen and oxygen atoms in total. The molecule has 0 amide bonds. The monoisotopic (exact) mass is 401 g/mol. The summed E-state index contributed by atoms with van der Waals surface area (Å²) in [5.74, 6) is -1.69. The summed E-state index contributed by atoms with van der Waals surface area (Å²) in [5, 5.41) is 3.21. The molecular weight excluding hydrogens is 381 g/mol. The molecule has 0 bridgehead atoms. The molecule has 0 saturated carbocycles. The van der Waals surface area contributed by atoms with Crippen LogP contribution in [0.3, 0.4) is 0 Å². The van der Waals surface area contributed by atoms with Crippen molar-refractivity contribution in [2.45, 2.75) is 39.5 Å². The fourth-order valence-corrected chi connectivity index (χ4v) is 3.07. The second-order valence-electron chi connectivity index (χ2n) is 5.84. The number of rotatable bonds is 6. The van der Waals surface area contributed by atoms with E-state index < -0.39 is 17.9 Å². The van der Waals surface area contributed by atoms with Gasteiger partial charge in [-0.05, 0) is 20.3 Å². The Balaban J connectivity index is 2.54. The first-order chi connectivity index (χ1) is 12.3. The highest BCUT2D eigenvalue weighted by Crippen LogP contribution is 2.39. The maximum absolute atomic E-state index is 12.7. The van der Waals surface area contributed by atoms with E-state index in [-0.39, 0.29) is 33.9 Å². The molecule has 1 unspecified atom stereocenters. The molecule has 0 saturated heterocycles. The smallest absolute Gasteiger partial charge is 0.336 e. The third-order valence-electron chi connectivity index (χ3n) is 4.03. The topological polar surface area (TPSA) is 93.3 Å². The molecule has 0 fully saturated rings. The lowest BCUT2D eigenvalue weighted by atomic mass is 9.85. The van der Waals surface area contributed by atoms with Crippen molar-refractivity contribution < 1.29 is 19.1 Å². The Morgan fingerprint density at radius 2 is 1.77 bits per heavy atom. The zero-order chi connectivity index (χ0) is 19.4. The maximum Gasteiger partial charge on any atom is 0.336 e. The molecular formula is C17H21Cl2N3O4. The van der Waals surface area contributed by atoms with Gasteiger partial charge in [-0.25, -0.2) is 14.6 Å². The second-order valence-corrected chi connectivity index (χ2v) is 6.58. The van der Waals surface area contributed by atoms with Gasteiger partial charge >= 0.3 is 11.9 Å². The minimum absolute atomic E-state index is 0.0541. The molecule has 1 aliphatic rings. The van der Waals surface area contributed by atoms with E-state index in [4.69, 9.17) is 32.7 Å². The average molecular weight is 402 g/mol. The van der Waals surface area contributed by atoms with Gasteiger partial charge in [0.25, 0.3) is 0 Å². The number of H-pyrrole nitrogens is 1. The van der Waals surface area contributed by atoms with Gasteiger partial charge in [0.2, 0.25) is 0 Å². The molecule has 1 aliphatic heterocycles. The van der Waals surface area contributed by atoms with Crippen molar-refractivity contribution in [3.05, 3.63) is 38.7 Å². The molecule has 0 radical (unpaired) electrons. The zero-order valence-electron chi connectivity index (χ0n) is 15.0. The number of dihydropyridines is 1. The van der Waals surface area contributed by atoms with Gasteiger partial charge in [-0.3, -0.25) is 0 Å². The highest BCUT2D eigenvalue weighted by atomic mass is 35.5. The summed E-state index contributed by atoms with van der Waals surface area (Å²) in [4.78, 5) is 32.1. The molecule has 2 heterocycles. The van der Waals surface area contributed by atoms with E-state index >= 15 is 0 Å². The first-order valence-corrected chi connectivity index (χ1v) is 8.92. The fraction of sp³-hybridized carbons (Fsp3) is 0.471. The van der Waals surface area contributed by atoms with Gasteiger partial charge in [-0.2, -0.15) is 0 Å². The number of carbonyl (C=O) groups is 2. The number of halogens is 2. The lowest BCUT2D eigenvalue weighted by Gasteiger charge is -2.28. The van der Waals surface area contributed by atoms with Crippen LogP contribution < -0.4 is 5.32 Å². The predicted octanol–water partition coefficient (Wildman–Crippen LogP) is 3.47. The molecule has 26 heavy (non-hydrogen) atoms. The van der Waals surface area contributed by atoms with Crippen LogP contribution in [0.4, 0.5) is 0 Å². The standard InChI is InChI=1S/C17H21Cl2N3O4/c1-5-6-7-26-17(24)11-9(3)20-8(2)10(16(23)25-4)12(11)15-21-13(18)14(19)22-15/h12,20H,5-7H2,1-4H3,(H,21,22). The minimum Gasteiger partial charge on any atom is -0.466 e. The van der Waals surface area contributed by atoms with Crippen molar-refractivity contribution >= 4 is 35.1 Å². The number of imidazole rings is 1. The van der Waals surface area contributed by atoms with Crippen LogP contribution in [0.25, 0.3) is 0 Å². The zero-order valence-corrected chi connectivity index (χ0v) is 16.5. The van der Waals surface area contributed by atoms with E-state index in [9.17, 15) is 9.59 Å². The van der Waals surface area contributed by atoms with E-state index in [1.54, 1.807) is 13.8 Å². The third-order valence-corrected chi connectivity index (χ3v) is 4.67. The number of ether oxygens (including phenoxy) is 2. The number of aromatic amines is 1. The molecule has 0 aromatic carbocycles. The number of aromatic nitrogens is 2. The molecule has 2 N–H and O–H groups in total. The number of carbonyl (C=O) groups excluding carboxylic acids is 2. The third kappa shape index (κ3) is 4.04. The second kappa shape index (κ2) is 8.60. The van der Waals surface area contributed by atoms with Crippen LogP contribution in [0, 0.1) is 0 Å². The summed E-state index contributed by atoms with van der Waals surface area (Å²) in [5.41, 5.74) is 1.61. The largest absolute Gasteiger partial charge is 0.466 e. The molecule has 1 aromatic rings. The van der Waals surface area contributed by atoms with Gasteiger partial charge in [0.15, 0.2) is 5.15 Å². The highest BCUT2D eigenvalue weighted by Gasteiger charge is 2.39. The van der Waals surface area contributed by atoms with Crippen LogP contribution in [0.5, 0.6) is 0 Å². The van der Waals surface area contributed by atoms with Crippen molar-refractivity contribution in [1.29, 1.82) is 0 Å². The molecule has 1 atom stereocenters. The van der Waals surface area contributed by atoms with Crippen LogP contribution in [-0.4, -0.2) is 35.6 Å². The Morgan fingerprint density at radius 3 is 2.27 bits per heavy atom. The Labute approximate surface area is 161 Å². The summed E-state index contributed by atoms with van der Waals surface area (Å²) in [6, 6.07) is 0. The van der Waals surface area contributed by atoms with Gasteiger partial charge in [0.1, 0.15) is 11.0 Å². The van der Waals surface area contributed by atoms with Crippen LogP contribution in [0.1, 0.15) is 45.4 Å². The van der Waals surface area contributed by atoms with Gasteiger partial charge in [-0.15, -0.1) is 0 Å².